The molecule has 0 bridgehead atoms. The number of hydrogen-bond acceptors (Lipinski definition) is 4. The van der Waals surface area contributed by atoms with E-state index in [0.717, 1.165) is 0 Å². The Labute approximate surface area is 137 Å². The fourth-order valence-electron chi connectivity index (χ4n) is 1.77. The van der Waals surface area contributed by atoms with E-state index < -0.39 is 10.8 Å². The maximum atomic E-state index is 11.8. The molecule has 116 valence electrons. The van der Waals surface area contributed by atoms with Crippen LogP contribution in [-0.4, -0.2) is 17.0 Å². The van der Waals surface area contributed by atoms with Gasteiger partial charge in [0.05, 0.1) is 10.5 Å². The van der Waals surface area contributed by atoms with Gasteiger partial charge in [0, 0.05) is 22.9 Å². The quantitative estimate of drug-likeness (QED) is 0.516. The zero-order chi connectivity index (χ0) is 16.7. The first-order valence-electron chi connectivity index (χ1n) is 6.57. The Kier molecular flexibility index (Phi) is 5.60. The normalized spacial score (nSPS) is 11.0. The minimum Gasteiger partial charge on any atom is -0.267 e. The number of benzene rings is 2. The molecular formula is C16H12ClN3O3. The number of nitrogens with one attached hydrogen (secondary N) is 1. The minimum absolute atomic E-state index is 0.000105. The predicted octanol–water partition coefficient (Wildman–Crippen LogP) is 3.68. The summed E-state index contributed by atoms with van der Waals surface area (Å²) in [5.74, 6) is -0.400. The van der Waals surface area contributed by atoms with E-state index in [1.54, 1.807) is 36.4 Å². The van der Waals surface area contributed by atoms with Gasteiger partial charge in [-0.2, -0.15) is 5.10 Å². The van der Waals surface area contributed by atoms with Crippen LogP contribution in [0.3, 0.4) is 0 Å². The molecule has 7 heteroatoms. The summed E-state index contributed by atoms with van der Waals surface area (Å²) >= 11 is 5.80. The summed E-state index contributed by atoms with van der Waals surface area (Å²) < 4.78 is 0. The van der Waals surface area contributed by atoms with E-state index in [1.165, 1.54) is 30.5 Å². The number of nitro groups is 1. The SMILES string of the molecule is O=C(N/N=C\C=C\c1ccccc1[N+](=O)[O-])c1cccc(Cl)c1. The van der Waals surface area contributed by atoms with Crippen molar-refractivity contribution >= 4 is 35.5 Å². The monoisotopic (exact) mass is 329 g/mol. The highest BCUT2D eigenvalue weighted by Crippen LogP contribution is 2.18. The maximum absolute atomic E-state index is 11.8. The average Bonchev–Trinajstić information content (AvgIpc) is 2.54. The summed E-state index contributed by atoms with van der Waals surface area (Å²) in [7, 11) is 0. The van der Waals surface area contributed by atoms with Gasteiger partial charge in [0.15, 0.2) is 0 Å². The molecule has 2 aromatic carbocycles. The predicted molar refractivity (Wildman–Crippen MR) is 89.5 cm³/mol. The molecule has 0 aliphatic carbocycles. The number of carbonyl (C=O) groups is 1. The second kappa shape index (κ2) is 7.86. The number of nitro benzene ring substituents is 1. The summed E-state index contributed by atoms with van der Waals surface area (Å²) in [5.41, 5.74) is 3.17. The Bertz CT molecular complexity index is 788. The van der Waals surface area contributed by atoms with E-state index in [9.17, 15) is 14.9 Å². The smallest absolute Gasteiger partial charge is 0.267 e. The first-order chi connectivity index (χ1) is 11.1. The summed E-state index contributed by atoms with van der Waals surface area (Å²) in [5, 5.41) is 15.1. The van der Waals surface area contributed by atoms with Crippen LogP contribution >= 0.6 is 11.6 Å². The van der Waals surface area contributed by atoms with Gasteiger partial charge in [0.1, 0.15) is 0 Å². The van der Waals surface area contributed by atoms with Gasteiger partial charge >= 0.3 is 0 Å². The van der Waals surface area contributed by atoms with E-state index in [-0.39, 0.29) is 5.69 Å². The largest absolute Gasteiger partial charge is 0.276 e. The van der Waals surface area contributed by atoms with Crippen molar-refractivity contribution < 1.29 is 9.72 Å². The number of hydrazone groups is 1. The highest BCUT2D eigenvalue weighted by Gasteiger charge is 2.08. The fourth-order valence-corrected chi connectivity index (χ4v) is 1.96. The Balaban J connectivity index is 1.97. The van der Waals surface area contributed by atoms with Crippen molar-refractivity contribution in [3.63, 3.8) is 0 Å². The van der Waals surface area contributed by atoms with Crippen molar-refractivity contribution in [1.29, 1.82) is 0 Å². The number of para-hydroxylation sites is 1. The third-order valence-electron chi connectivity index (χ3n) is 2.82. The minimum atomic E-state index is -0.461. The van der Waals surface area contributed by atoms with E-state index in [4.69, 9.17) is 11.6 Å². The second-order valence-corrected chi connectivity index (χ2v) is 4.84. The lowest BCUT2D eigenvalue weighted by molar-refractivity contribution is -0.385. The lowest BCUT2D eigenvalue weighted by Crippen LogP contribution is -2.17. The number of carbonyl (C=O) groups excluding carboxylic acids is 1. The van der Waals surface area contributed by atoms with Gasteiger partial charge in [0.25, 0.3) is 11.6 Å². The standard InChI is InChI=1S/C16H12ClN3O3/c17-14-8-3-6-13(11-14)16(21)19-18-10-4-7-12-5-1-2-9-15(12)20(22)23/h1-11H,(H,19,21)/b7-4+,18-10-. The molecule has 0 heterocycles. The molecule has 0 unspecified atom stereocenters. The highest BCUT2D eigenvalue weighted by atomic mass is 35.5. The first-order valence-corrected chi connectivity index (χ1v) is 6.95. The molecule has 0 aromatic heterocycles. The van der Waals surface area contributed by atoms with Gasteiger partial charge in [-0.05, 0) is 36.4 Å². The van der Waals surface area contributed by atoms with Crippen molar-refractivity contribution in [3.05, 3.63) is 80.9 Å². The third kappa shape index (κ3) is 4.76. The second-order valence-electron chi connectivity index (χ2n) is 4.40. The molecule has 1 amide bonds. The van der Waals surface area contributed by atoms with Crippen molar-refractivity contribution in [2.24, 2.45) is 5.10 Å². The molecule has 0 saturated heterocycles. The summed E-state index contributed by atoms with van der Waals surface area (Å²) in [6, 6.07) is 12.8. The lowest BCUT2D eigenvalue weighted by Gasteiger charge is -1.99. The topological polar surface area (TPSA) is 84.6 Å². The molecule has 0 fully saturated rings. The molecule has 0 spiro atoms. The van der Waals surface area contributed by atoms with Crippen LogP contribution in [0.5, 0.6) is 0 Å². The highest BCUT2D eigenvalue weighted by molar-refractivity contribution is 6.30. The van der Waals surface area contributed by atoms with E-state index in [1.807, 2.05) is 0 Å². The molecule has 0 radical (unpaired) electrons. The maximum Gasteiger partial charge on any atom is 0.276 e. The Morgan fingerprint density at radius 2 is 2.00 bits per heavy atom. The number of rotatable bonds is 5. The summed E-state index contributed by atoms with van der Waals surface area (Å²) in [6.45, 7) is 0. The lowest BCUT2D eigenvalue weighted by atomic mass is 10.2. The van der Waals surface area contributed by atoms with Crippen LogP contribution in [-0.2, 0) is 0 Å². The molecule has 0 atom stereocenters. The number of allylic oxidation sites excluding steroid dienone is 1. The van der Waals surface area contributed by atoms with Crippen molar-refractivity contribution in [2.45, 2.75) is 0 Å². The van der Waals surface area contributed by atoms with Gasteiger partial charge in [-0.15, -0.1) is 0 Å². The van der Waals surface area contributed by atoms with E-state index in [2.05, 4.69) is 10.5 Å². The molecule has 1 N–H and O–H groups in total. The number of amides is 1. The zero-order valence-electron chi connectivity index (χ0n) is 11.8. The third-order valence-corrected chi connectivity index (χ3v) is 3.06. The number of nitrogens with zero attached hydrogens (tertiary/aromatic N) is 2. The van der Waals surface area contributed by atoms with Gasteiger partial charge in [0.2, 0.25) is 0 Å². The van der Waals surface area contributed by atoms with Crippen LogP contribution in [0.2, 0.25) is 5.02 Å². The molecule has 23 heavy (non-hydrogen) atoms. The van der Waals surface area contributed by atoms with Gasteiger partial charge in [-0.1, -0.05) is 29.8 Å². The molecule has 6 nitrogen and oxygen atoms in total. The van der Waals surface area contributed by atoms with Crippen LogP contribution in [0.1, 0.15) is 15.9 Å². The van der Waals surface area contributed by atoms with Crippen LogP contribution in [0.15, 0.2) is 59.7 Å². The Morgan fingerprint density at radius 3 is 2.74 bits per heavy atom. The summed E-state index contributed by atoms with van der Waals surface area (Å²) in [4.78, 5) is 22.2. The van der Waals surface area contributed by atoms with Gasteiger partial charge in [-0.3, -0.25) is 14.9 Å². The van der Waals surface area contributed by atoms with Gasteiger partial charge < -0.3 is 0 Å². The molecule has 2 aromatic rings. The van der Waals surface area contributed by atoms with Gasteiger partial charge in [-0.25, -0.2) is 5.43 Å². The van der Waals surface area contributed by atoms with Crippen molar-refractivity contribution in [1.82, 2.24) is 5.43 Å². The fraction of sp³-hybridized carbons (Fsp3) is 0. The number of hydrogen-bond donors (Lipinski definition) is 1. The molecule has 2 rings (SSSR count). The first kappa shape index (κ1) is 16.4. The Morgan fingerprint density at radius 1 is 1.22 bits per heavy atom. The molecule has 0 saturated carbocycles. The van der Waals surface area contributed by atoms with Crippen LogP contribution in [0, 0.1) is 10.1 Å². The van der Waals surface area contributed by atoms with Crippen LogP contribution < -0.4 is 5.43 Å². The van der Waals surface area contributed by atoms with Crippen LogP contribution in [0.4, 0.5) is 5.69 Å². The average molecular weight is 330 g/mol. The van der Waals surface area contributed by atoms with E-state index in [0.29, 0.717) is 16.1 Å². The molecular weight excluding hydrogens is 318 g/mol. The van der Waals surface area contributed by atoms with Crippen LogP contribution in [0.25, 0.3) is 6.08 Å². The molecule has 0 aliphatic rings. The molecule has 0 aliphatic heterocycles. The summed E-state index contributed by atoms with van der Waals surface area (Å²) in [6.07, 6.45) is 4.37. The number of halogens is 1. The Hall–Kier alpha value is -2.99. The van der Waals surface area contributed by atoms with Crippen molar-refractivity contribution in [3.8, 4) is 0 Å². The van der Waals surface area contributed by atoms with Crippen molar-refractivity contribution in [2.75, 3.05) is 0 Å². The van der Waals surface area contributed by atoms with E-state index >= 15 is 0 Å². The zero-order valence-corrected chi connectivity index (χ0v) is 12.6.